The molecule has 0 amide bonds. The number of para-hydroxylation sites is 1. The van der Waals surface area contributed by atoms with Gasteiger partial charge in [0.25, 0.3) is 0 Å². The van der Waals surface area contributed by atoms with Crippen LogP contribution in [0.2, 0.25) is 0 Å². The highest BCUT2D eigenvalue weighted by Gasteiger charge is 2.11. The molecule has 2 rings (SSSR count). The van der Waals surface area contributed by atoms with Gasteiger partial charge in [-0.1, -0.05) is 41.5 Å². The van der Waals surface area contributed by atoms with Crippen LogP contribution in [0.1, 0.15) is 27.0 Å². The molecule has 0 atom stereocenters. The van der Waals surface area contributed by atoms with Crippen molar-refractivity contribution in [3.05, 3.63) is 64.7 Å². The molecule has 0 saturated heterocycles. The van der Waals surface area contributed by atoms with E-state index in [1.54, 1.807) is 18.9 Å². The van der Waals surface area contributed by atoms with Gasteiger partial charge >= 0.3 is 0 Å². The summed E-state index contributed by atoms with van der Waals surface area (Å²) in [5.41, 5.74) is 4.46. The van der Waals surface area contributed by atoms with Gasteiger partial charge in [0.05, 0.1) is 18.4 Å². The summed E-state index contributed by atoms with van der Waals surface area (Å²) < 4.78 is 5.23. The van der Waals surface area contributed by atoms with Gasteiger partial charge in [-0.15, -0.1) is 11.8 Å². The fourth-order valence-corrected chi connectivity index (χ4v) is 3.21. The van der Waals surface area contributed by atoms with Gasteiger partial charge in [0, 0.05) is 5.75 Å². The Morgan fingerprint density at radius 2 is 1.76 bits per heavy atom. The lowest BCUT2D eigenvalue weighted by Crippen LogP contribution is -2.05. The van der Waals surface area contributed by atoms with E-state index in [2.05, 4.69) is 32.0 Å². The van der Waals surface area contributed by atoms with Crippen molar-refractivity contribution in [3.8, 4) is 5.75 Å². The molecule has 0 N–H and O–H groups in total. The molecule has 0 aliphatic carbocycles. The van der Waals surface area contributed by atoms with E-state index < -0.39 is 0 Å². The fraction of sp³-hybridized carbons (Fsp3) is 0.278. The first-order chi connectivity index (χ1) is 10.1. The van der Waals surface area contributed by atoms with Crippen LogP contribution in [0.4, 0.5) is 0 Å². The molecule has 21 heavy (non-hydrogen) atoms. The minimum absolute atomic E-state index is 0.113. The van der Waals surface area contributed by atoms with Crippen molar-refractivity contribution >= 4 is 17.5 Å². The molecule has 3 heteroatoms. The predicted molar refractivity (Wildman–Crippen MR) is 89.4 cm³/mol. The van der Waals surface area contributed by atoms with Gasteiger partial charge in [-0.3, -0.25) is 4.79 Å². The fourth-order valence-electron chi connectivity index (χ4n) is 2.37. The maximum absolute atomic E-state index is 12.2. The summed E-state index contributed by atoms with van der Waals surface area (Å²) in [5, 5.41) is 0. The summed E-state index contributed by atoms with van der Waals surface area (Å²) in [6, 6.07) is 13.9. The summed E-state index contributed by atoms with van der Waals surface area (Å²) in [4.78, 5) is 12.2. The molecule has 0 bridgehead atoms. The minimum Gasteiger partial charge on any atom is -0.496 e. The second-order valence-corrected chi connectivity index (χ2v) is 6.10. The number of carbonyl (C=O) groups is 1. The molecule has 2 nitrogen and oxygen atoms in total. The van der Waals surface area contributed by atoms with Gasteiger partial charge in [-0.25, -0.2) is 0 Å². The Labute approximate surface area is 130 Å². The van der Waals surface area contributed by atoms with Crippen LogP contribution in [0.15, 0.2) is 42.5 Å². The van der Waals surface area contributed by atoms with Crippen molar-refractivity contribution in [2.24, 2.45) is 0 Å². The Morgan fingerprint density at radius 1 is 1.10 bits per heavy atom. The zero-order chi connectivity index (χ0) is 15.2. The minimum atomic E-state index is 0.113. The van der Waals surface area contributed by atoms with Crippen molar-refractivity contribution in [1.82, 2.24) is 0 Å². The molecular formula is C18H20O2S. The smallest absolute Gasteiger partial charge is 0.176 e. The Balaban J connectivity index is 1.95. The third-order valence-corrected chi connectivity index (χ3v) is 4.19. The number of carbonyl (C=O) groups excluding carboxylic acids is 1. The van der Waals surface area contributed by atoms with E-state index >= 15 is 0 Å². The van der Waals surface area contributed by atoms with Gasteiger partial charge in [0.15, 0.2) is 5.78 Å². The van der Waals surface area contributed by atoms with E-state index in [1.165, 1.54) is 16.7 Å². The van der Waals surface area contributed by atoms with Crippen LogP contribution in [0.3, 0.4) is 0 Å². The van der Waals surface area contributed by atoms with Crippen LogP contribution in [-0.4, -0.2) is 18.6 Å². The monoisotopic (exact) mass is 300 g/mol. The van der Waals surface area contributed by atoms with Crippen molar-refractivity contribution in [2.45, 2.75) is 19.6 Å². The number of aryl methyl sites for hydroxylation is 2. The third kappa shape index (κ3) is 4.36. The molecule has 0 aliphatic heterocycles. The molecule has 0 fully saturated rings. The number of methoxy groups -OCH3 is 1. The Hall–Kier alpha value is -1.74. The van der Waals surface area contributed by atoms with Crippen LogP contribution in [0.25, 0.3) is 0 Å². The van der Waals surface area contributed by atoms with E-state index in [1.807, 2.05) is 24.3 Å². The molecular weight excluding hydrogens is 280 g/mol. The first kappa shape index (κ1) is 15.6. The molecule has 0 aliphatic rings. The topological polar surface area (TPSA) is 26.3 Å². The zero-order valence-corrected chi connectivity index (χ0v) is 13.5. The summed E-state index contributed by atoms with van der Waals surface area (Å²) in [7, 11) is 1.59. The standard InChI is InChI=1S/C18H20O2S/c1-13-8-14(2)10-15(9-13)11-21-12-17(19)16-6-4-5-7-18(16)20-3/h4-10H,11-12H2,1-3H3. The maximum atomic E-state index is 12.2. The number of hydrogen-bond donors (Lipinski definition) is 0. The number of thioether (sulfide) groups is 1. The quantitative estimate of drug-likeness (QED) is 0.738. The van der Waals surface area contributed by atoms with Crippen molar-refractivity contribution in [3.63, 3.8) is 0 Å². The van der Waals surface area contributed by atoms with Gasteiger partial charge < -0.3 is 4.74 Å². The van der Waals surface area contributed by atoms with Crippen molar-refractivity contribution in [2.75, 3.05) is 12.9 Å². The lowest BCUT2D eigenvalue weighted by Gasteiger charge is -2.08. The van der Waals surface area contributed by atoms with E-state index in [4.69, 9.17) is 4.74 Å². The largest absolute Gasteiger partial charge is 0.496 e. The highest BCUT2D eigenvalue weighted by Crippen LogP contribution is 2.21. The number of Topliss-reactive ketones (excluding diaryl/α,β-unsaturated/α-hetero) is 1. The Morgan fingerprint density at radius 3 is 2.43 bits per heavy atom. The molecule has 110 valence electrons. The van der Waals surface area contributed by atoms with E-state index in [9.17, 15) is 4.79 Å². The molecule has 0 saturated carbocycles. The van der Waals surface area contributed by atoms with Crippen LogP contribution in [0, 0.1) is 13.8 Å². The summed E-state index contributed by atoms with van der Waals surface area (Å²) in [6.45, 7) is 4.20. The molecule has 0 radical (unpaired) electrons. The number of ether oxygens (including phenoxy) is 1. The average Bonchev–Trinajstić information content (AvgIpc) is 2.46. The van der Waals surface area contributed by atoms with E-state index in [0.717, 1.165) is 5.75 Å². The number of benzene rings is 2. The second kappa shape index (κ2) is 7.32. The third-order valence-electron chi connectivity index (χ3n) is 3.19. The molecule has 0 unspecified atom stereocenters. The van der Waals surface area contributed by atoms with Gasteiger partial charge in [-0.05, 0) is 31.5 Å². The average molecular weight is 300 g/mol. The van der Waals surface area contributed by atoms with Crippen LogP contribution in [0.5, 0.6) is 5.75 Å². The molecule has 2 aromatic carbocycles. The van der Waals surface area contributed by atoms with E-state index in [0.29, 0.717) is 17.1 Å². The maximum Gasteiger partial charge on any atom is 0.176 e. The number of ketones is 1. The zero-order valence-electron chi connectivity index (χ0n) is 12.7. The molecule has 0 heterocycles. The SMILES string of the molecule is COc1ccccc1C(=O)CSCc1cc(C)cc(C)c1. The Kier molecular flexibility index (Phi) is 5.45. The van der Waals surface area contributed by atoms with Gasteiger partial charge in [0.1, 0.15) is 5.75 Å². The van der Waals surface area contributed by atoms with Crippen molar-refractivity contribution < 1.29 is 9.53 Å². The van der Waals surface area contributed by atoms with Crippen molar-refractivity contribution in [1.29, 1.82) is 0 Å². The number of rotatable bonds is 6. The molecule has 0 spiro atoms. The lowest BCUT2D eigenvalue weighted by molar-refractivity contribution is 0.101. The second-order valence-electron chi connectivity index (χ2n) is 5.11. The van der Waals surface area contributed by atoms with Crippen LogP contribution < -0.4 is 4.74 Å². The Bertz CT molecular complexity index is 615. The summed E-state index contributed by atoms with van der Waals surface area (Å²) in [5.74, 6) is 2.08. The van der Waals surface area contributed by atoms with E-state index in [-0.39, 0.29) is 5.78 Å². The molecule has 0 aromatic heterocycles. The predicted octanol–water partition coefficient (Wildman–Crippen LogP) is 4.43. The van der Waals surface area contributed by atoms with Crippen LogP contribution >= 0.6 is 11.8 Å². The summed E-state index contributed by atoms with van der Waals surface area (Å²) in [6.07, 6.45) is 0. The highest BCUT2D eigenvalue weighted by atomic mass is 32.2. The number of hydrogen-bond acceptors (Lipinski definition) is 3. The summed E-state index contributed by atoms with van der Waals surface area (Å²) >= 11 is 1.64. The molecule has 2 aromatic rings. The normalized spacial score (nSPS) is 10.4. The van der Waals surface area contributed by atoms with Gasteiger partial charge in [0.2, 0.25) is 0 Å². The van der Waals surface area contributed by atoms with Crippen LogP contribution in [-0.2, 0) is 5.75 Å². The lowest BCUT2D eigenvalue weighted by atomic mass is 10.1. The first-order valence-corrected chi connectivity index (χ1v) is 8.07. The van der Waals surface area contributed by atoms with Gasteiger partial charge in [-0.2, -0.15) is 0 Å². The first-order valence-electron chi connectivity index (χ1n) is 6.91. The highest BCUT2D eigenvalue weighted by molar-refractivity contribution is 7.99.